The maximum Gasteiger partial charge on any atom is 0.295 e. The number of carbonyl (C=O) groups is 2. The van der Waals surface area contributed by atoms with Gasteiger partial charge in [-0.15, -0.1) is 0 Å². The molecule has 0 saturated carbocycles. The molecule has 0 unspecified atom stereocenters. The number of aliphatic hydroxyl groups is 1. The Morgan fingerprint density at radius 3 is 2.44 bits per heavy atom. The third kappa shape index (κ3) is 4.09. The van der Waals surface area contributed by atoms with Crippen LogP contribution in [0.2, 0.25) is 0 Å². The highest BCUT2D eigenvalue weighted by Crippen LogP contribution is 2.40. The molecule has 5 rings (SSSR count). The number of ketones is 1. The van der Waals surface area contributed by atoms with Crippen LogP contribution in [-0.2, 0) is 16.0 Å². The molecule has 7 nitrogen and oxygen atoms in total. The number of hydrogen-bond acceptors (Lipinski definition) is 5. The van der Waals surface area contributed by atoms with Crippen LogP contribution in [0.15, 0.2) is 84.6 Å². The summed E-state index contributed by atoms with van der Waals surface area (Å²) in [5.74, 6) is -0.276. The second-order valence-corrected chi connectivity index (χ2v) is 8.61. The summed E-state index contributed by atoms with van der Waals surface area (Å²) in [6.07, 6.45) is 2.43. The molecule has 0 spiro atoms. The van der Waals surface area contributed by atoms with Crippen molar-refractivity contribution in [1.29, 1.82) is 0 Å². The molecule has 1 aliphatic rings. The number of ether oxygens (including phenoxy) is 2. The van der Waals surface area contributed by atoms with Crippen LogP contribution in [0.25, 0.3) is 16.7 Å². The van der Waals surface area contributed by atoms with Gasteiger partial charge < -0.3 is 24.5 Å². The Labute approximate surface area is 208 Å². The van der Waals surface area contributed by atoms with Gasteiger partial charge >= 0.3 is 0 Å². The lowest BCUT2D eigenvalue weighted by Gasteiger charge is -2.25. The lowest BCUT2D eigenvalue weighted by Crippen LogP contribution is -2.31. The lowest BCUT2D eigenvalue weighted by molar-refractivity contribution is -0.139. The van der Waals surface area contributed by atoms with E-state index in [1.54, 1.807) is 36.3 Å². The molecule has 2 N–H and O–H groups in total. The van der Waals surface area contributed by atoms with E-state index in [9.17, 15) is 14.7 Å². The fraction of sp³-hybridized carbons (Fsp3) is 0.172. The first-order valence-corrected chi connectivity index (χ1v) is 11.6. The summed E-state index contributed by atoms with van der Waals surface area (Å²) in [6, 6.07) is 21.2. The zero-order chi connectivity index (χ0) is 25.2. The largest absolute Gasteiger partial charge is 0.507 e. The molecule has 3 aromatic carbocycles. The quantitative estimate of drug-likeness (QED) is 0.223. The maximum absolute atomic E-state index is 13.3. The van der Waals surface area contributed by atoms with Gasteiger partial charge in [0.25, 0.3) is 11.7 Å². The van der Waals surface area contributed by atoms with Crippen molar-refractivity contribution in [1.82, 2.24) is 9.88 Å². The van der Waals surface area contributed by atoms with Crippen LogP contribution >= 0.6 is 0 Å². The zero-order valence-electron chi connectivity index (χ0n) is 20.0. The SMILES string of the molecule is COc1cccc(C(O)=C2C(=O)C(=O)N(CCc3c[nH]c4ccc(OC)cc34)[C@H]2c2ccccc2)c1. The second kappa shape index (κ2) is 9.62. The van der Waals surface area contributed by atoms with Crippen LogP contribution in [0.3, 0.4) is 0 Å². The van der Waals surface area contributed by atoms with Crippen molar-refractivity contribution in [3.63, 3.8) is 0 Å². The van der Waals surface area contributed by atoms with Crippen molar-refractivity contribution in [3.8, 4) is 11.5 Å². The van der Waals surface area contributed by atoms with Gasteiger partial charge in [0.1, 0.15) is 17.3 Å². The van der Waals surface area contributed by atoms with E-state index in [0.717, 1.165) is 27.8 Å². The minimum Gasteiger partial charge on any atom is -0.507 e. The minimum atomic E-state index is -0.711. The topological polar surface area (TPSA) is 91.9 Å². The minimum absolute atomic E-state index is 0.0695. The number of amides is 1. The van der Waals surface area contributed by atoms with Crippen molar-refractivity contribution >= 4 is 28.4 Å². The molecule has 1 aromatic heterocycles. The maximum atomic E-state index is 13.3. The van der Waals surface area contributed by atoms with E-state index in [-0.39, 0.29) is 11.3 Å². The highest BCUT2D eigenvalue weighted by atomic mass is 16.5. The monoisotopic (exact) mass is 482 g/mol. The van der Waals surface area contributed by atoms with Crippen LogP contribution < -0.4 is 9.47 Å². The summed E-state index contributed by atoms with van der Waals surface area (Å²) in [6.45, 7) is 0.295. The number of aromatic nitrogens is 1. The van der Waals surface area contributed by atoms with Gasteiger partial charge in [-0.25, -0.2) is 0 Å². The molecule has 2 heterocycles. The second-order valence-electron chi connectivity index (χ2n) is 8.61. The Bertz CT molecular complexity index is 1470. The number of aromatic amines is 1. The van der Waals surface area contributed by atoms with Crippen molar-refractivity contribution in [2.45, 2.75) is 12.5 Å². The molecule has 0 bridgehead atoms. The first kappa shape index (κ1) is 23.2. The number of carbonyl (C=O) groups excluding carboxylic acids is 2. The molecule has 1 amide bonds. The number of H-pyrrole nitrogens is 1. The molecule has 1 fully saturated rings. The smallest absolute Gasteiger partial charge is 0.295 e. The van der Waals surface area contributed by atoms with E-state index < -0.39 is 17.7 Å². The number of hydrogen-bond donors (Lipinski definition) is 2. The Balaban J connectivity index is 1.54. The van der Waals surface area contributed by atoms with Crippen LogP contribution in [0.1, 0.15) is 22.7 Å². The summed E-state index contributed by atoms with van der Waals surface area (Å²) in [5.41, 5.74) is 3.20. The fourth-order valence-electron chi connectivity index (χ4n) is 4.75. The number of nitrogens with one attached hydrogen (secondary N) is 1. The summed E-state index contributed by atoms with van der Waals surface area (Å²) < 4.78 is 10.6. The van der Waals surface area contributed by atoms with Gasteiger partial charge in [0, 0.05) is 29.2 Å². The number of methoxy groups -OCH3 is 2. The summed E-state index contributed by atoms with van der Waals surface area (Å²) in [5, 5.41) is 12.2. The lowest BCUT2D eigenvalue weighted by atomic mass is 9.95. The molecule has 36 heavy (non-hydrogen) atoms. The van der Waals surface area contributed by atoms with Crippen LogP contribution in [0.4, 0.5) is 0 Å². The molecule has 0 radical (unpaired) electrons. The number of rotatable bonds is 7. The molecule has 4 aromatic rings. The normalized spacial score (nSPS) is 17.1. The number of nitrogens with zero attached hydrogens (tertiary/aromatic N) is 1. The first-order valence-electron chi connectivity index (χ1n) is 11.6. The molecule has 182 valence electrons. The highest BCUT2D eigenvalue weighted by Gasteiger charge is 2.45. The van der Waals surface area contributed by atoms with E-state index in [4.69, 9.17) is 9.47 Å². The Hall–Kier alpha value is -4.52. The number of Topliss-reactive ketones (excluding diaryl/α,β-unsaturated/α-hetero) is 1. The van der Waals surface area contributed by atoms with E-state index in [1.807, 2.05) is 54.7 Å². The predicted octanol–water partition coefficient (Wildman–Crippen LogP) is 4.85. The number of likely N-dealkylation sites (tertiary alicyclic amines) is 1. The average Bonchev–Trinajstić information content (AvgIpc) is 3.44. The van der Waals surface area contributed by atoms with Crippen LogP contribution in [-0.4, -0.2) is 47.4 Å². The van der Waals surface area contributed by atoms with Crippen molar-refractivity contribution in [2.24, 2.45) is 0 Å². The number of aliphatic hydroxyl groups excluding tert-OH is 1. The van der Waals surface area contributed by atoms with E-state index in [2.05, 4.69) is 4.98 Å². The summed E-state index contributed by atoms with van der Waals surface area (Å²) in [4.78, 5) is 31.3. The molecule has 1 saturated heterocycles. The van der Waals surface area contributed by atoms with Gasteiger partial charge in [-0.2, -0.15) is 0 Å². The molecule has 7 heteroatoms. The van der Waals surface area contributed by atoms with Crippen molar-refractivity contribution in [3.05, 3.63) is 101 Å². The molecular formula is C29H26N2O5. The van der Waals surface area contributed by atoms with Gasteiger partial charge in [-0.3, -0.25) is 9.59 Å². The van der Waals surface area contributed by atoms with E-state index >= 15 is 0 Å². The molecule has 0 aliphatic carbocycles. The average molecular weight is 483 g/mol. The van der Waals surface area contributed by atoms with Crippen LogP contribution in [0, 0.1) is 0 Å². The fourth-order valence-corrected chi connectivity index (χ4v) is 4.75. The predicted molar refractivity (Wildman–Crippen MR) is 137 cm³/mol. The van der Waals surface area contributed by atoms with Crippen molar-refractivity contribution in [2.75, 3.05) is 20.8 Å². The zero-order valence-corrected chi connectivity index (χ0v) is 20.0. The Kier molecular flexibility index (Phi) is 6.21. The van der Waals surface area contributed by atoms with Gasteiger partial charge in [0.15, 0.2) is 0 Å². The van der Waals surface area contributed by atoms with Gasteiger partial charge in [0.05, 0.1) is 25.8 Å². The van der Waals surface area contributed by atoms with E-state index in [0.29, 0.717) is 24.3 Å². The van der Waals surface area contributed by atoms with Gasteiger partial charge in [0.2, 0.25) is 0 Å². The third-order valence-electron chi connectivity index (χ3n) is 6.60. The van der Waals surface area contributed by atoms with Gasteiger partial charge in [-0.05, 0) is 47.9 Å². The van der Waals surface area contributed by atoms with Gasteiger partial charge in [-0.1, -0.05) is 42.5 Å². The molecular weight excluding hydrogens is 456 g/mol. The van der Waals surface area contributed by atoms with E-state index in [1.165, 1.54) is 7.11 Å². The standard InChI is InChI=1S/C29H26N2O5/c1-35-21-10-6-9-19(15-21)27(32)25-26(18-7-4-3-5-8-18)31(29(34)28(25)33)14-13-20-17-30-24-12-11-22(36-2)16-23(20)24/h3-12,15-17,26,30,32H,13-14H2,1-2H3/t26-/m0/s1. The highest BCUT2D eigenvalue weighted by molar-refractivity contribution is 6.46. The Morgan fingerprint density at radius 2 is 1.69 bits per heavy atom. The molecule has 1 aliphatic heterocycles. The van der Waals surface area contributed by atoms with Crippen molar-refractivity contribution < 1.29 is 24.2 Å². The summed E-state index contributed by atoms with van der Waals surface area (Å²) >= 11 is 0. The first-order chi connectivity index (χ1) is 17.5. The van der Waals surface area contributed by atoms with Crippen LogP contribution in [0.5, 0.6) is 11.5 Å². The number of benzene rings is 3. The molecule has 1 atom stereocenters. The summed E-state index contributed by atoms with van der Waals surface area (Å²) in [7, 11) is 3.15. The number of fused-ring (bicyclic) bond motifs is 1. The Morgan fingerprint density at radius 1 is 0.944 bits per heavy atom. The third-order valence-corrected chi connectivity index (χ3v) is 6.60.